The van der Waals surface area contributed by atoms with Gasteiger partial charge in [0, 0.05) is 5.03 Å². The Labute approximate surface area is 79.8 Å². The quantitative estimate of drug-likeness (QED) is 0.620. The molecule has 1 rings (SSSR count). The standard InChI is InChI=1S/C9H14ClF.CH4/c1-6-8(9(6,2)3)4-7(10)5-11;/h4,6,8H,5H2,1-3H3;1H4/b7-4-;. The smallest absolute Gasteiger partial charge is 0.125 e. The third-order valence-corrected chi connectivity index (χ3v) is 3.18. The van der Waals surface area contributed by atoms with Crippen LogP contribution in [0.3, 0.4) is 0 Å². The van der Waals surface area contributed by atoms with E-state index in [4.69, 9.17) is 11.6 Å². The summed E-state index contributed by atoms with van der Waals surface area (Å²) in [6, 6.07) is 0. The average Bonchev–Trinajstić information content (AvgIpc) is 2.39. The zero-order valence-electron chi connectivity index (χ0n) is 7.20. The molecule has 1 aliphatic rings. The van der Waals surface area contributed by atoms with Gasteiger partial charge < -0.3 is 0 Å². The number of hydrogen-bond acceptors (Lipinski definition) is 0. The molecule has 0 N–H and O–H groups in total. The van der Waals surface area contributed by atoms with E-state index in [-0.39, 0.29) is 7.43 Å². The monoisotopic (exact) mass is 192 g/mol. The topological polar surface area (TPSA) is 0 Å². The van der Waals surface area contributed by atoms with E-state index in [1.807, 2.05) is 6.08 Å². The third-order valence-electron chi connectivity index (χ3n) is 2.95. The summed E-state index contributed by atoms with van der Waals surface area (Å²) in [5, 5.41) is 0.354. The number of halogens is 2. The van der Waals surface area contributed by atoms with Gasteiger partial charge in [0.25, 0.3) is 0 Å². The Morgan fingerprint density at radius 3 is 2.25 bits per heavy atom. The molecule has 0 aromatic rings. The van der Waals surface area contributed by atoms with Crippen molar-refractivity contribution in [3.63, 3.8) is 0 Å². The summed E-state index contributed by atoms with van der Waals surface area (Å²) in [5.74, 6) is 1.12. The zero-order valence-corrected chi connectivity index (χ0v) is 7.95. The first-order chi connectivity index (χ1) is 5.00. The van der Waals surface area contributed by atoms with Gasteiger partial charge in [-0.2, -0.15) is 0 Å². The van der Waals surface area contributed by atoms with Crippen LogP contribution >= 0.6 is 11.6 Å². The second-order valence-electron chi connectivity index (χ2n) is 3.88. The van der Waals surface area contributed by atoms with Crippen LogP contribution in [0.15, 0.2) is 11.1 Å². The van der Waals surface area contributed by atoms with Gasteiger partial charge in [-0.15, -0.1) is 0 Å². The zero-order chi connectivity index (χ0) is 8.65. The summed E-state index contributed by atoms with van der Waals surface area (Å²) in [7, 11) is 0. The Morgan fingerprint density at radius 2 is 2.00 bits per heavy atom. The fraction of sp³-hybridized carbons (Fsp3) is 0.800. The molecule has 0 saturated heterocycles. The van der Waals surface area contributed by atoms with E-state index in [0.717, 1.165) is 0 Å². The highest BCUT2D eigenvalue weighted by molar-refractivity contribution is 6.29. The van der Waals surface area contributed by atoms with Gasteiger partial charge in [0.1, 0.15) is 6.67 Å². The van der Waals surface area contributed by atoms with Crippen LogP contribution in [0.2, 0.25) is 0 Å². The maximum atomic E-state index is 12.0. The maximum Gasteiger partial charge on any atom is 0.125 e. The van der Waals surface area contributed by atoms with Gasteiger partial charge in [-0.1, -0.05) is 45.9 Å². The molecule has 0 heterocycles. The van der Waals surface area contributed by atoms with Crippen molar-refractivity contribution in [2.24, 2.45) is 17.3 Å². The lowest BCUT2D eigenvalue weighted by atomic mass is 10.1. The Kier molecular flexibility index (Phi) is 3.77. The molecule has 2 unspecified atom stereocenters. The highest BCUT2D eigenvalue weighted by Gasteiger charge is 2.52. The second-order valence-corrected chi connectivity index (χ2v) is 4.37. The minimum absolute atomic E-state index is 0. The van der Waals surface area contributed by atoms with E-state index >= 15 is 0 Å². The van der Waals surface area contributed by atoms with Crippen LogP contribution in [-0.2, 0) is 0 Å². The molecule has 0 aromatic heterocycles. The van der Waals surface area contributed by atoms with Crippen LogP contribution in [0.1, 0.15) is 28.2 Å². The summed E-state index contributed by atoms with van der Waals surface area (Å²) >= 11 is 5.58. The molecule has 2 atom stereocenters. The molecule has 0 bridgehead atoms. The summed E-state index contributed by atoms with van der Waals surface area (Å²) < 4.78 is 12.0. The van der Waals surface area contributed by atoms with Gasteiger partial charge in [0.2, 0.25) is 0 Å². The van der Waals surface area contributed by atoms with Crippen molar-refractivity contribution in [2.75, 3.05) is 6.67 Å². The first-order valence-corrected chi connectivity index (χ1v) is 4.30. The Balaban J connectivity index is 0.00000121. The lowest BCUT2D eigenvalue weighted by Crippen LogP contribution is -1.88. The molecule has 2 heteroatoms. The van der Waals surface area contributed by atoms with Gasteiger partial charge in [0.15, 0.2) is 0 Å². The van der Waals surface area contributed by atoms with Crippen molar-refractivity contribution in [1.82, 2.24) is 0 Å². The molecule has 0 nitrogen and oxygen atoms in total. The van der Waals surface area contributed by atoms with E-state index in [9.17, 15) is 4.39 Å². The lowest BCUT2D eigenvalue weighted by molar-refractivity contribution is 0.549. The second kappa shape index (κ2) is 3.78. The fourth-order valence-electron chi connectivity index (χ4n) is 1.54. The predicted molar refractivity (Wildman–Crippen MR) is 53.1 cm³/mol. The van der Waals surface area contributed by atoms with E-state index < -0.39 is 6.67 Å². The fourth-order valence-corrected chi connectivity index (χ4v) is 1.67. The number of allylic oxidation sites excluding steroid dienone is 2. The highest BCUT2D eigenvalue weighted by Crippen LogP contribution is 2.58. The van der Waals surface area contributed by atoms with Crippen molar-refractivity contribution >= 4 is 11.6 Å². The molecule has 1 fully saturated rings. The molecular weight excluding hydrogens is 175 g/mol. The molecule has 1 aliphatic carbocycles. The molecule has 1 saturated carbocycles. The molecular formula is C10H18ClF. The molecule has 0 radical (unpaired) electrons. The number of rotatable bonds is 2. The first kappa shape index (κ1) is 12.0. The molecule has 0 aromatic carbocycles. The predicted octanol–water partition coefficient (Wildman–Crippen LogP) is 4.01. The molecule has 0 aliphatic heterocycles. The van der Waals surface area contributed by atoms with Crippen LogP contribution in [-0.4, -0.2) is 6.67 Å². The SMILES string of the molecule is C.CC1C(/C=C(\Cl)CF)C1(C)C. The van der Waals surface area contributed by atoms with Gasteiger partial charge in [-0.25, -0.2) is 4.39 Å². The summed E-state index contributed by atoms with van der Waals surface area (Å²) in [6.07, 6.45) is 1.85. The average molecular weight is 193 g/mol. The van der Waals surface area contributed by atoms with Crippen molar-refractivity contribution in [3.8, 4) is 0 Å². The van der Waals surface area contributed by atoms with Crippen molar-refractivity contribution < 1.29 is 4.39 Å². The van der Waals surface area contributed by atoms with E-state index in [2.05, 4.69) is 20.8 Å². The first-order valence-electron chi connectivity index (χ1n) is 3.92. The summed E-state index contributed by atoms with van der Waals surface area (Å²) in [4.78, 5) is 0. The van der Waals surface area contributed by atoms with E-state index in [1.165, 1.54) is 0 Å². The van der Waals surface area contributed by atoms with Gasteiger partial charge in [0.05, 0.1) is 0 Å². The van der Waals surface area contributed by atoms with Gasteiger partial charge in [-0.05, 0) is 17.3 Å². The van der Waals surface area contributed by atoms with E-state index in [0.29, 0.717) is 22.3 Å². The molecule has 72 valence electrons. The minimum atomic E-state index is -0.527. The summed E-state index contributed by atoms with van der Waals surface area (Å²) in [5.41, 5.74) is 0.329. The summed E-state index contributed by atoms with van der Waals surface area (Å²) in [6.45, 7) is 6.01. The van der Waals surface area contributed by atoms with Gasteiger partial charge >= 0.3 is 0 Å². The van der Waals surface area contributed by atoms with E-state index in [1.54, 1.807) is 0 Å². The molecule has 0 amide bonds. The van der Waals surface area contributed by atoms with Gasteiger partial charge in [-0.3, -0.25) is 0 Å². The number of alkyl halides is 1. The van der Waals surface area contributed by atoms with Crippen LogP contribution < -0.4 is 0 Å². The molecule has 12 heavy (non-hydrogen) atoms. The Hall–Kier alpha value is -0.0400. The van der Waals surface area contributed by atoms with Crippen LogP contribution in [0.5, 0.6) is 0 Å². The van der Waals surface area contributed by atoms with Crippen LogP contribution in [0, 0.1) is 17.3 Å². The van der Waals surface area contributed by atoms with Crippen LogP contribution in [0.4, 0.5) is 4.39 Å². The third kappa shape index (κ3) is 2.01. The minimum Gasteiger partial charge on any atom is -0.245 e. The largest absolute Gasteiger partial charge is 0.245 e. The van der Waals surface area contributed by atoms with Crippen LogP contribution in [0.25, 0.3) is 0 Å². The normalized spacial score (nSPS) is 32.6. The van der Waals surface area contributed by atoms with Crippen molar-refractivity contribution in [3.05, 3.63) is 11.1 Å². The van der Waals surface area contributed by atoms with Crippen molar-refractivity contribution in [2.45, 2.75) is 28.2 Å². The van der Waals surface area contributed by atoms with Crippen molar-refractivity contribution in [1.29, 1.82) is 0 Å². The Morgan fingerprint density at radius 1 is 1.58 bits per heavy atom. The lowest BCUT2D eigenvalue weighted by Gasteiger charge is -1.96. The maximum absolute atomic E-state index is 12.0. The molecule has 0 spiro atoms. The Bertz CT molecular complexity index is 184. The highest BCUT2D eigenvalue weighted by atomic mass is 35.5. The number of hydrogen-bond donors (Lipinski definition) is 0.